The molecule has 0 aliphatic heterocycles. The Kier molecular flexibility index (Phi) is 17.8. The summed E-state index contributed by atoms with van der Waals surface area (Å²) in [6, 6.07) is 10.0. The molecule has 0 heterocycles. The smallest absolute Gasteiger partial charge is 0.550 e. The molecule has 0 fully saturated rings. The van der Waals surface area contributed by atoms with E-state index in [0.29, 0.717) is 0 Å². The van der Waals surface area contributed by atoms with Crippen LogP contribution in [0.2, 0.25) is 0 Å². The van der Waals surface area contributed by atoms with E-state index in [9.17, 15) is 0 Å². The van der Waals surface area contributed by atoms with Crippen LogP contribution in [-0.2, 0) is 29.1 Å². The van der Waals surface area contributed by atoms with Gasteiger partial charge in [0.15, 0.2) is 0 Å². The third-order valence-electron chi connectivity index (χ3n) is 1.04. The Labute approximate surface area is 114 Å². The van der Waals surface area contributed by atoms with Gasteiger partial charge in [-0.2, -0.15) is 0 Å². The largest absolute Gasteiger partial charge is 2.00 e. The van der Waals surface area contributed by atoms with Crippen LogP contribution in [0.15, 0.2) is 36.9 Å². The molecule has 0 saturated heterocycles. The van der Waals surface area contributed by atoms with Crippen LogP contribution < -0.4 is 10.2 Å². The second kappa shape index (κ2) is 14.5. The molecule has 0 spiro atoms. The summed E-state index contributed by atoms with van der Waals surface area (Å²) < 4.78 is 0. The molecule has 0 atom stereocenters. The zero-order valence-electron chi connectivity index (χ0n) is 10.0. The predicted octanol–water partition coefficient (Wildman–Crippen LogP) is -0.161. The standard InChI is InChI=1S/C8H8.2C2H4O2.Zn/c1-2-8-6-4-3-5-7-8;2*1-2(3)4;/h2-7H,1H2;2*1H3,(H,3,4);/q;;;+2/p-2. The number of carboxylic acid groups (broad SMARTS) is 2. The summed E-state index contributed by atoms with van der Waals surface area (Å²) in [5, 5.41) is 17.8. The molecule has 0 aliphatic carbocycles. The molecule has 0 aromatic heterocycles. The van der Waals surface area contributed by atoms with Gasteiger partial charge in [0.1, 0.15) is 0 Å². The third kappa shape index (κ3) is 31.4. The zero-order chi connectivity index (χ0) is 13.0. The second-order valence-corrected chi connectivity index (χ2v) is 2.60. The molecule has 0 radical (unpaired) electrons. The van der Waals surface area contributed by atoms with Crippen molar-refractivity contribution in [3.05, 3.63) is 42.5 Å². The Hall–Kier alpha value is -1.48. The number of aliphatic carboxylic acids is 2. The molecule has 0 amide bonds. The molecule has 0 unspecified atom stereocenters. The van der Waals surface area contributed by atoms with Gasteiger partial charge in [-0.25, -0.2) is 0 Å². The zero-order valence-corrected chi connectivity index (χ0v) is 13.0. The Balaban J connectivity index is -0.000000189. The number of carbonyl (C=O) groups is 2. The first-order valence-corrected chi connectivity index (χ1v) is 4.42. The fraction of sp³-hybridized carbons (Fsp3) is 0.167. The van der Waals surface area contributed by atoms with Crippen molar-refractivity contribution in [2.75, 3.05) is 0 Å². The minimum atomic E-state index is -1.08. The molecule has 1 aromatic rings. The summed E-state index contributed by atoms with van der Waals surface area (Å²) >= 11 is 0. The SMILES string of the molecule is C=Cc1ccccc1.CC(=O)[O-].CC(=O)[O-].[Zn+2]. The number of hydrogen-bond acceptors (Lipinski definition) is 4. The van der Waals surface area contributed by atoms with Crippen molar-refractivity contribution in [1.29, 1.82) is 0 Å². The predicted molar refractivity (Wildman–Crippen MR) is 57.9 cm³/mol. The van der Waals surface area contributed by atoms with Crippen LogP contribution >= 0.6 is 0 Å². The van der Waals surface area contributed by atoms with Crippen molar-refractivity contribution in [3.8, 4) is 0 Å². The quantitative estimate of drug-likeness (QED) is 0.672. The van der Waals surface area contributed by atoms with Gasteiger partial charge in [-0.1, -0.05) is 43.0 Å². The topological polar surface area (TPSA) is 80.3 Å². The summed E-state index contributed by atoms with van der Waals surface area (Å²) in [6.07, 6.45) is 1.83. The van der Waals surface area contributed by atoms with Crippen LogP contribution in [0.5, 0.6) is 0 Å². The van der Waals surface area contributed by atoms with Gasteiger partial charge < -0.3 is 19.8 Å². The van der Waals surface area contributed by atoms with Crippen LogP contribution in [0.1, 0.15) is 19.4 Å². The summed E-state index contributed by atoms with van der Waals surface area (Å²) in [6.45, 7) is 5.58. The van der Waals surface area contributed by atoms with Crippen LogP contribution in [-0.4, -0.2) is 11.9 Å². The number of benzene rings is 1. The van der Waals surface area contributed by atoms with Gasteiger partial charge >= 0.3 is 19.5 Å². The van der Waals surface area contributed by atoms with E-state index in [1.54, 1.807) is 0 Å². The van der Waals surface area contributed by atoms with E-state index in [0.717, 1.165) is 13.8 Å². The van der Waals surface area contributed by atoms with E-state index in [4.69, 9.17) is 19.8 Å². The summed E-state index contributed by atoms with van der Waals surface area (Å²) in [5.41, 5.74) is 1.17. The van der Waals surface area contributed by atoms with E-state index in [2.05, 4.69) is 6.58 Å². The monoisotopic (exact) mass is 286 g/mol. The van der Waals surface area contributed by atoms with E-state index in [1.807, 2.05) is 36.4 Å². The number of carbonyl (C=O) groups excluding carboxylic acids is 2. The van der Waals surface area contributed by atoms with Gasteiger partial charge in [-0.05, 0) is 19.4 Å². The van der Waals surface area contributed by atoms with Gasteiger partial charge in [0, 0.05) is 11.9 Å². The molecule has 88 valence electrons. The summed E-state index contributed by atoms with van der Waals surface area (Å²) in [7, 11) is 0. The van der Waals surface area contributed by atoms with Crippen molar-refractivity contribution in [2.24, 2.45) is 0 Å². The van der Waals surface area contributed by atoms with Gasteiger partial charge in [-0.15, -0.1) is 0 Å². The maximum Gasteiger partial charge on any atom is 2.00 e. The first kappa shape index (κ1) is 20.9. The van der Waals surface area contributed by atoms with E-state index < -0.39 is 11.9 Å². The molecular formula is C12H14O4Zn. The number of rotatable bonds is 1. The van der Waals surface area contributed by atoms with Crippen molar-refractivity contribution < 1.29 is 39.3 Å². The fourth-order valence-electron chi connectivity index (χ4n) is 0.589. The molecule has 1 rings (SSSR count). The van der Waals surface area contributed by atoms with Crippen molar-refractivity contribution in [1.82, 2.24) is 0 Å². The van der Waals surface area contributed by atoms with Crippen molar-refractivity contribution in [3.63, 3.8) is 0 Å². The Morgan fingerprint density at radius 3 is 1.53 bits per heavy atom. The van der Waals surface area contributed by atoms with Crippen LogP contribution in [0, 0.1) is 0 Å². The first-order chi connectivity index (χ1) is 7.40. The maximum absolute atomic E-state index is 8.89. The second-order valence-electron chi connectivity index (χ2n) is 2.60. The van der Waals surface area contributed by atoms with E-state index in [-0.39, 0.29) is 19.5 Å². The minimum absolute atomic E-state index is 0. The van der Waals surface area contributed by atoms with E-state index >= 15 is 0 Å². The third-order valence-corrected chi connectivity index (χ3v) is 1.04. The Morgan fingerprint density at radius 1 is 1.06 bits per heavy atom. The van der Waals surface area contributed by atoms with Gasteiger partial charge in [-0.3, -0.25) is 0 Å². The average Bonchev–Trinajstić information content (AvgIpc) is 2.17. The molecule has 4 nitrogen and oxygen atoms in total. The minimum Gasteiger partial charge on any atom is -0.550 e. The normalized spacial score (nSPS) is 6.94. The fourth-order valence-corrected chi connectivity index (χ4v) is 0.589. The van der Waals surface area contributed by atoms with Crippen LogP contribution in [0.25, 0.3) is 6.08 Å². The first-order valence-electron chi connectivity index (χ1n) is 4.42. The molecule has 17 heavy (non-hydrogen) atoms. The van der Waals surface area contributed by atoms with Crippen molar-refractivity contribution in [2.45, 2.75) is 13.8 Å². The molecule has 0 saturated carbocycles. The molecular weight excluding hydrogens is 274 g/mol. The van der Waals surface area contributed by atoms with Gasteiger partial charge in [0.05, 0.1) is 0 Å². The molecule has 1 aromatic carbocycles. The Morgan fingerprint density at radius 2 is 1.35 bits per heavy atom. The molecule has 0 N–H and O–H groups in total. The molecule has 5 heteroatoms. The summed E-state index contributed by atoms with van der Waals surface area (Å²) in [4.78, 5) is 17.8. The number of hydrogen-bond donors (Lipinski definition) is 0. The van der Waals surface area contributed by atoms with Gasteiger partial charge in [0.2, 0.25) is 0 Å². The maximum atomic E-state index is 8.89. The molecule has 0 bridgehead atoms. The number of carboxylic acids is 2. The Bertz CT molecular complexity index is 303. The van der Waals surface area contributed by atoms with Crippen LogP contribution in [0.4, 0.5) is 0 Å². The molecule has 0 aliphatic rings. The van der Waals surface area contributed by atoms with Crippen molar-refractivity contribution >= 4 is 18.0 Å². The average molecular weight is 288 g/mol. The van der Waals surface area contributed by atoms with Gasteiger partial charge in [0.25, 0.3) is 0 Å². The van der Waals surface area contributed by atoms with E-state index in [1.165, 1.54) is 5.56 Å². The van der Waals surface area contributed by atoms with Crippen LogP contribution in [0.3, 0.4) is 0 Å². The summed E-state index contributed by atoms with van der Waals surface area (Å²) in [5.74, 6) is -2.17.